The first-order chi connectivity index (χ1) is 19.5. The average molecular weight is 556 g/mol. The number of rotatable bonds is 15. The van der Waals surface area contributed by atoms with Crippen LogP contribution in [0.1, 0.15) is 21.5 Å². The van der Waals surface area contributed by atoms with E-state index in [9.17, 15) is 14.3 Å². The second-order valence-corrected chi connectivity index (χ2v) is 9.02. The number of carbonyl (C=O) groups is 1. The second kappa shape index (κ2) is 14.5. The van der Waals surface area contributed by atoms with Gasteiger partial charge < -0.3 is 45.7 Å². The molecule has 1 aromatic heterocycles. The number of aliphatic hydroxyl groups is 1. The van der Waals surface area contributed by atoms with Crippen molar-refractivity contribution in [1.82, 2.24) is 10.3 Å². The number of benzene rings is 2. The van der Waals surface area contributed by atoms with Crippen molar-refractivity contribution in [3.63, 3.8) is 0 Å². The van der Waals surface area contributed by atoms with Gasteiger partial charge in [0.2, 0.25) is 0 Å². The highest BCUT2D eigenvalue weighted by Gasteiger charge is 2.24. The molecule has 0 fully saturated rings. The minimum Gasteiger partial charge on any atom is -0.508 e. The fourth-order valence-corrected chi connectivity index (χ4v) is 4.00. The number of hydrogen-bond acceptors (Lipinski definition) is 10. The largest absolute Gasteiger partial charge is 0.508 e. The van der Waals surface area contributed by atoms with Gasteiger partial charge in [-0.1, -0.05) is 6.07 Å². The third kappa shape index (κ3) is 7.87. The number of nitrogens with one attached hydrogen (secondary N) is 4. The zero-order valence-electron chi connectivity index (χ0n) is 22.3. The Kier molecular flexibility index (Phi) is 10.6. The number of ether oxygens (including phenoxy) is 3. The number of hydrogen-bond donors (Lipinski definition) is 6. The van der Waals surface area contributed by atoms with E-state index < -0.39 is 11.7 Å². The molecular weight excluding hydrogens is 521 g/mol. The van der Waals surface area contributed by atoms with Crippen molar-refractivity contribution in [3.8, 4) is 5.75 Å². The monoisotopic (exact) mass is 555 g/mol. The van der Waals surface area contributed by atoms with Crippen LogP contribution in [0.15, 0.2) is 42.6 Å². The Bertz CT molecular complexity index is 1310. The number of nitrogens with zero attached hydrogens (tertiary/aromatic N) is 1. The van der Waals surface area contributed by atoms with E-state index in [1.165, 1.54) is 18.3 Å². The molecule has 0 radical (unpaired) electrons. The lowest BCUT2D eigenvalue weighted by Crippen LogP contribution is -2.20. The molecule has 1 aliphatic heterocycles. The number of aromatic nitrogens is 1. The molecule has 0 saturated carbocycles. The van der Waals surface area contributed by atoms with E-state index in [1.54, 1.807) is 13.0 Å². The van der Waals surface area contributed by atoms with Crippen molar-refractivity contribution >= 4 is 34.5 Å². The van der Waals surface area contributed by atoms with Crippen molar-refractivity contribution in [2.75, 3.05) is 68.7 Å². The maximum atomic E-state index is 14.5. The van der Waals surface area contributed by atoms with Crippen molar-refractivity contribution in [2.45, 2.75) is 13.5 Å². The maximum absolute atomic E-state index is 14.5. The van der Waals surface area contributed by atoms with Crippen molar-refractivity contribution in [3.05, 3.63) is 65.1 Å². The number of phenols is 1. The lowest BCUT2D eigenvalue weighted by atomic mass is 10.1. The number of carbonyl (C=O) groups excluding carboxylic acids is 1. The SMILES string of the molecule is Cc1cc(F)c(Nc2ccnc3c2C(=O)Nc2cc(CNCCOCCOCCOCCO)ccc2N3)cc1O. The van der Waals surface area contributed by atoms with E-state index in [0.717, 1.165) is 5.56 Å². The summed E-state index contributed by atoms with van der Waals surface area (Å²) in [5.41, 5.74) is 3.23. The molecule has 1 amide bonds. The fraction of sp³-hybridized carbons (Fsp3) is 0.357. The van der Waals surface area contributed by atoms with Crippen LogP contribution in [0.5, 0.6) is 5.75 Å². The second-order valence-electron chi connectivity index (χ2n) is 9.02. The van der Waals surface area contributed by atoms with Gasteiger partial charge in [-0.15, -0.1) is 0 Å². The minimum absolute atomic E-state index is 0.00294. The summed E-state index contributed by atoms with van der Waals surface area (Å²) in [6.45, 7) is 5.48. The average Bonchev–Trinajstić information content (AvgIpc) is 3.08. The van der Waals surface area contributed by atoms with E-state index in [-0.39, 0.29) is 23.6 Å². The predicted molar refractivity (Wildman–Crippen MR) is 149 cm³/mol. The van der Waals surface area contributed by atoms with E-state index in [1.807, 2.05) is 18.2 Å². The maximum Gasteiger partial charge on any atom is 0.261 e. The first-order valence-electron chi connectivity index (χ1n) is 13.0. The van der Waals surface area contributed by atoms with Crippen LogP contribution in [-0.4, -0.2) is 73.9 Å². The summed E-state index contributed by atoms with van der Waals surface area (Å²) >= 11 is 0. The van der Waals surface area contributed by atoms with Gasteiger partial charge in [-0.2, -0.15) is 0 Å². The standard InChI is InChI=1S/C28H34FN5O6/c1-18-14-20(29)23(16-25(18)36)32-22-4-5-31-27-26(22)28(37)34-24-15-19(2-3-21(24)33-27)17-30-6-8-38-10-12-40-13-11-39-9-7-35/h2-5,14-16,30,35-36H,6-13,17H2,1H3,(H,34,37)(H2,31,32,33). The highest BCUT2D eigenvalue weighted by molar-refractivity contribution is 6.15. The number of aliphatic hydroxyl groups excluding tert-OH is 1. The molecule has 0 saturated heterocycles. The molecule has 214 valence electrons. The molecule has 6 N–H and O–H groups in total. The summed E-state index contributed by atoms with van der Waals surface area (Å²) < 4.78 is 30.5. The number of amides is 1. The summed E-state index contributed by atoms with van der Waals surface area (Å²) in [7, 11) is 0. The molecule has 12 heteroatoms. The Morgan fingerprint density at radius 1 is 0.925 bits per heavy atom. The quantitative estimate of drug-likeness (QED) is 0.154. The van der Waals surface area contributed by atoms with Gasteiger partial charge in [0.25, 0.3) is 5.91 Å². The summed E-state index contributed by atoms with van der Waals surface area (Å²) in [4.78, 5) is 17.6. The fourth-order valence-electron chi connectivity index (χ4n) is 4.00. The molecule has 0 bridgehead atoms. The molecule has 0 atom stereocenters. The molecule has 0 spiro atoms. The molecule has 1 aliphatic rings. The number of fused-ring (bicyclic) bond motifs is 2. The summed E-state index contributed by atoms with van der Waals surface area (Å²) in [6, 6.07) is 9.75. The molecule has 3 aromatic rings. The molecule has 0 unspecified atom stereocenters. The summed E-state index contributed by atoms with van der Waals surface area (Å²) in [5.74, 6) is -0.697. The first kappa shape index (κ1) is 29.2. The smallest absolute Gasteiger partial charge is 0.261 e. The van der Waals surface area contributed by atoms with Crippen LogP contribution >= 0.6 is 0 Å². The third-order valence-corrected chi connectivity index (χ3v) is 6.05. The Labute approximate surface area is 231 Å². The van der Waals surface area contributed by atoms with Gasteiger partial charge in [-0.05, 0) is 42.3 Å². The van der Waals surface area contributed by atoms with Gasteiger partial charge >= 0.3 is 0 Å². The van der Waals surface area contributed by atoms with Gasteiger partial charge in [-0.3, -0.25) is 4.79 Å². The lowest BCUT2D eigenvalue weighted by molar-refractivity contribution is 0.00818. The van der Waals surface area contributed by atoms with Crippen molar-refractivity contribution < 1.29 is 33.6 Å². The Morgan fingerprint density at radius 2 is 1.68 bits per heavy atom. The zero-order chi connectivity index (χ0) is 28.3. The van der Waals surface area contributed by atoms with Crippen LogP contribution in [-0.2, 0) is 20.8 Å². The van der Waals surface area contributed by atoms with Crippen molar-refractivity contribution in [2.24, 2.45) is 0 Å². The Morgan fingerprint density at radius 3 is 2.45 bits per heavy atom. The van der Waals surface area contributed by atoms with E-state index >= 15 is 0 Å². The number of aromatic hydroxyl groups is 1. The highest BCUT2D eigenvalue weighted by Crippen LogP contribution is 2.36. The van der Waals surface area contributed by atoms with Crippen LogP contribution in [0, 0.1) is 12.7 Å². The molecule has 11 nitrogen and oxygen atoms in total. The van der Waals surface area contributed by atoms with E-state index in [2.05, 4.69) is 26.3 Å². The van der Waals surface area contributed by atoms with Crippen LogP contribution in [0.4, 0.5) is 33.0 Å². The topological polar surface area (TPSA) is 146 Å². The van der Waals surface area contributed by atoms with Gasteiger partial charge in [0.05, 0.1) is 69.0 Å². The molecule has 40 heavy (non-hydrogen) atoms. The van der Waals surface area contributed by atoms with Gasteiger partial charge in [0.15, 0.2) is 0 Å². The number of pyridine rings is 1. The Balaban J connectivity index is 1.29. The number of anilines is 5. The zero-order valence-corrected chi connectivity index (χ0v) is 22.3. The van der Waals surface area contributed by atoms with E-state index in [0.29, 0.717) is 81.2 Å². The van der Waals surface area contributed by atoms with Gasteiger partial charge in [0.1, 0.15) is 22.9 Å². The molecule has 2 heterocycles. The molecular formula is C28H34FN5O6. The number of phenolic OH excluding ortho intramolecular Hbond substituents is 1. The van der Waals surface area contributed by atoms with Gasteiger partial charge in [-0.25, -0.2) is 9.37 Å². The third-order valence-electron chi connectivity index (χ3n) is 6.05. The molecule has 4 rings (SSSR count). The van der Waals surface area contributed by atoms with Crippen LogP contribution in [0.3, 0.4) is 0 Å². The first-order valence-corrected chi connectivity index (χ1v) is 13.0. The normalized spacial score (nSPS) is 12.2. The van der Waals surface area contributed by atoms with Crippen LogP contribution < -0.4 is 21.3 Å². The van der Waals surface area contributed by atoms with Crippen molar-refractivity contribution in [1.29, 1.82) is 0 Å². The minimum atomic E-state index is -0.553. The number of halogens is 1. The molecule has 2 aromatic carbocycles. The van der Waals surface area contributed by atoms with E-state index in [4.69, 9.17) is 19.3 Å². The predicted octanol–water partition coefficient (Wildman–Crippen LogP) is 3.42. The lowest BCUT2D eigenvalue weighted by Gasteiger charge is -2.14. The highest BCUT2D eigenvalue weighted by atomic mass is 19.1. The van der Waals surface area contributed by atoms with Crippen LogP contribution in [0.2, 0.25) is 0 Å². The summed E-state index contributed by atoms with van der Waals surface area (Å²) in [6.07, 6.45) is 1.51. The van der Waals surface area contributed by atoms with Gasteiger partial charge in [0, 0.05) is 25.4 Å². The molecule has 0 aliphatic carbocycles. The number of aryl methyl sites for hydroxylation is 1. The Hall–Kier alpha value is -3.81. The summed E-state index contributed by atoms with van der Waals surface area (Å²) in [5, 5.41) is 31.0. The van der Waals surface area contributed by atoms with Crippen LogP contribution in [0.25, 0.3) is 0 Å².